The largest absolute Gasteiger partial charge is 0.357 e. The van der Waals surface area contributed by atoms with Crippen LogP contribution < -0.4 is 10.6 Å². The number of anilines is 1. The molecule has 0 spiro atoms. The lowest BCUT2D eigenvalue weighted by atomic mass is 10.1. The third-order valence-corrected chi connectivity index (χ3v) is 6.29. The Morgan fingerprint density at radius 1 is 1.21 bits per heavy atom. The normalized spacial score (nSPS) is 17.7. The molecule has 1 atom stereocenters. The third-order valence-electron chi connectivity index (χ3n) is 5.26. The Morgan fingerprint density at radius 3 is 2.69 bits per heavy atom. The van der Waals surface area contributed by atoms with Gasteiger partial charge >= 0.3 is 0 Å². The number of nitrogens with zero attached hydrogens (tertiary/aromatic N) is 1. The highest BCUT2D eigenvalue weighted by Crippen LogP contribution is 2.34. The van der Waals surface area contributed by atoms with Crippen LogP contribution in [-0.2, 0) is 17.8 Å². The number of aryl methyl sites for hydroxylation is 1. The van der Waals surface area contributed by atoms with Gasteiger partial charge in [-0.05, 0) is 43.2 Å². The lowest BCUT2D eigenvalue weighted by Crippen LogP contribution is -2.30. The van der Waals surface area contributed by atoms with Crippen LogP contribution in [0.5, 0.6) is 0 Å². The number of fused-ring (bicyclic) bond motifs is 1. The van der Waals surface area contributed by atoms with Gasteiger partial charge in [-0.1, -0.05) is 55.1 Å². The highest BCUT2D eigenvalue weighted by atomic mass is 32.2. The maximum atomic E-state index is 12.6. The second-order valence-electron chi connectivity index (χ2n) is 7.09. The molecule has 1 saturated heterocycles. The van der Waals surface area contributed by atoms with Crippen LogP contribution in [-0.4, -0.2) is 16.0 Å². The summed E-state index contributed by atoms with van der Waals surface area (Å²) in [4.78, 5) is 13.3. The van der Waals surface area contributed by atoms with Crippen LogP contribution in [0.3, 0.4) is 0 Å². The number of amides is 1. The highest BCUT2D eigenvalue weighted by molar-refractivity contribution is 8.05. The van der Waals surface area contributed by atoms with E-state index in [4.69, 9.17) is 0 Å². The van der Waals surface area contributed by atoms with Crippen LogP contribution >= 0.6 is 11.8 Å². The van der Waals surface area contributed by atoms with Gasteiger partial charge in [-0.25, -0.2) is 0 Å². The van der Waals surface area contributed by atoms with E-state index in [-0.39, 0.29) is 11.4 Å². The zero-order valence-corrected chi connectivity index (χ0v) is 17.6. The van der Waals surface area contributed by atoms with Crippen molar-refractivity contribution in [3.05, 3.63) is 82.9 Å². The van der Waals surface area contributed by atoms with Gasteiger partial charge in [0.15, 0.2) is 5.50 Å². The molecule has 1 amide bonds. The van der Waals surface area contributed by atoms with E-state index in [1.165, 1.54) is 17.3 Å². The minimum atomic E-state index is -0.178. The molecule has 1 aliphatic rings. The highest BCUT2D eigenvalue weighted by Gasteiger charge is 2.28. The van der Waals surface area contributed by atoms with Crippen LogP contribution in [0.1, 0.15) is 23.7 Å². The molecule has 0 bridgehead atoms. The van der Waals surface area contributed by atoms with Crippen LogP contribution in [0.4, 0.5) is 5.69 Å². The Kier molecular flexibility index (Phi) is 5.49. The Hall–Kier alpha value is -2.92. The van der Waals surface area contributed by atoms with E-state index in [0.29, 0.717) is 0 Å². The number of nitrogens with one attached hydrogen (secondary N) is 2. The molecule has 2 aromatic carbocycles. The van der Waals surface area contributed by atoms with E-state index in [1.54, 1.807) is 0 Å². The van der Waals surface area contributed by atoms with Gasteiger partial charge in [-0.15, -0.1) is 6.58 Å². The molecule has 0 aliphatic carbocycles. The smallest absolute Gasteiger partial charge is 0.260 e. The second kappa shape index (κ2) is 8.21. The van der Waals surface area contributed by atoms with E-state index in [0.717, 1.165) is 45.7 Å². The van der Waals surface area contributed by atoms with Crippen molar-refractivity contribution in [3.8, 4) is 0 Å². The van der Waals surface area contributed by atoms with Crippen molar-refractivity contribution in [2.45, 2.75) is 32.3 Å². The van der Waals surface area contributed by atoms with Crippen molar-refractivity contribution in [3.63, 3.8) is 0 Å². The molecule has 1 aliphatic heterocycles. The van der Waals surface area contributed by atoms with Crippen LogP contribution in [0.25, 0.3) is 17.0 Å². The maximum Gasteiger partial charge on any atom is 0.260 e. The van der Waals surface area contributed by atoms with Crippen molar-refractivity contribution in [1.82, 2.24) is 9.88 Å². The van der Waals surface area contributed by atoms with Gasteiger partial charge in [0, 0.05) is 34.4 Å². The topological polar surface area (TPSA) is 46.1 Å². The van der Waals surface area contributed by atoms with Crippen molar-refractivity contribution in [2.24, 2.45) is 0 Å². The molecule has 0 unspecified atom stereocenters. The second-order valence-corrected chi connectivity index (χ2v) is 8.24. The first-order valence-corrected chi connectivity index (χ1v) is 10.7. The quantitative estimate of drug-likeness (QED) is 0.434. The molecule has 148 valence electrons. The molecule has 1 fully saturated rings. The molecule has 4 nitrogen and oxygen atoms in total. The summed E-state index contributed by atoms with van der Waals surface area (Å²) in [6, 6.07) is 16.6. The average Bonchev–Trinajstić information content (AvgIpc) is 3.21. The molecular formula is C24H25N3OS. The van der Waals surface area contributed by atoms with Gasteiger partial charge in [-0.3, -0.25) is 4.79 Å². The summed E-state index contributed by atoms with van der Waals surface area (Å²) in [6.45, 7) is 8.85. The molecule has 0 radical (unpaired) electrons. The fourth-order valence-corrected chi connectivity index (χ4v) is 4.66. The van der Waals surface area contributed by atoms with Gasteiger partial charge in [-0.2, -0.15) is 0 Å². The Morgan fingerprint density at radius 2 is 1.97 bits per heavy atom. The number of carbonyl (C=O) groups is 1. The molecule has 1 aromatic heterocycles. The van der Waals surface area contributed by atoms with E-state index >= 15 is 0 Å². The lowest BCUT2D eigenvalue weighted by molar-refractivity contribution is -0.116. The standard InChI is InChI=1S/C24H25N3OS/c1-4-14-27-16(3)20(19-8-6-7-9-21(19)27)15-22-23(28)26-24(29-22)25-18-12-10-17(5-2)11-13-18/h4,6-13,15,24-25H,1,5,14H2,2-3H3,(H,26,28)/b22-15-/t24-/m1/s1. The molecular weight excluding hydrogens is 378 g/mol. The van der Waals surface area contributed by atoms with Gasteiger partial charge in [0.05, 0.1) is 4.91 Å². The summed E-state index contributed by atoms with van der Waals surface area (Å²) >= 11 is 1.52. The zero-order chi connectivity index (χ0) is 20.4. The van der Waals surface area contributed by atoms with Crippen LogP contribution in [0, 0.1) is 6.92 Å². The number of benzene rings is 2. The average molecular weight is 404 g/mol. The minimum Gasteiger partial charge on any atom is -0.357 e. The number of carbonyl (C=O) groups excluding carboxylic acids is 1. The molecule has 0 saturated carbocycles. The SMILES string of the molecule is C=CCn1c(C)c(/C=C2\S[C@H](Nc3ccc(CC)cc3)NC2=O)c2ccccc21. The summed E-state index contributed by atoms with van der Waals surface area (Å²) in [5.41, 5.74) is 5.51. The number of hydrogen-bond acceptors (Lipinski definition) is 3. The molecule has 4 rings (SSSR count). The maximum absolute atomic E-state index is 12.6. The molecule has 29 heavy (non-hydrogen) atoms. The molecule has 3 aromatic rings. The molecule has 5 heteroatoms. The number of para-hydroxylation sites is 1. The summed E-state index contributed by atoms with van der Waals surface area (Å²) in [7, 11) is 0. The number of rotatable bonds is 6. The van der Waals surface area contributed by atoms with Crippen LogP contribution in [0.2, 0.25) is 0 Å². The van der Waals surface area contributed by atoms with E-state index in [1.807, 2.05) is 24.3 Å². The Labute approximate surface area is 175 Å². The van der Waals surface area contributed by atoms with Crippen molar-refractivity contribution < 1.29 is 4.79 Å². The van der Waals surface area contributed by atoms with Crippen molar-refractivity contribution in [2.75, 3.05) is 5.32 Å². The van der Waals surface area contributed by atoms with Gasteiger partial charge < -0.3 is 15.2 Å². The first-order valence-electron chi connectivity index (χ1n) is 9.84. The monoisotopic (exact) mass is 403 g/mol. The Bertz CT molecular complexity index is 1100. The number of thioether (sulfide) groups is 1. The summed E-state index contributed by atoms with van der Waals surface area (Å²) in [6.07, 6.45) is 4.93. The first kappa shape index (κ1) is 19.4. The predicted octanol–water partition coefficient (Wildman–Crippen LogP) is 5.30. The fourth-order valence-electron chi connectivity index (χ4n) is 3.69. The van der Waals surface area contributed by atoms with E-state index < -0.39 is 0 Å². The molecule has 2 N–H and O–H groups in total. The zero-order valence-electron chi connectivity index (χ0n) is 16.7. The summed E-state index contributed by atoms with van der Waals surface area (Å²) < 4.78 is 2.23. The third kappa shape index (κ3) is 3.83. The van der Waals surface area contributed by atoms with Crippen LogP contribution in [0.15, 0.2) is 66.1 Å². The van der Waals surface area contributed by atoms with Gasteiger partial charge in [0.25, 0.3) is 5.91 Å². The summed E-state index contributed by atoms with van der Waals surface area (Å²) in [5, 5.41) is 7.56. The minimum absolute atomic E-state index is 0.0439. The van der Waals surface area contributed by atoms with Crippen molar-refractivity contribution >= 4 is 40.3 Å². The Balaban J connectivity index is 1.61. The van der Waals surface area contributed by atoms with E-state index in [2.05, 4.69) is 72.0 Å². The van der Waals surface area contributed by atoms with Gasteiger partial charge in [0.2, 0.25) is 0 Å². The molecule has 2 heterocycles. The van der Waals surface area contributed by atoms with E-state index in [9.17, 15) is 4.79 Å². The summed E-state index contributed by atoms with van der Waals surface area (Å²) in [5.74, 6) is -0.0439. The first-order chi connectivity index (χ1) is 14.1. The lowest BCUT2D eigenvalue weighted by Gasteiger charge is -2.12. The fraction of sp³-hybridized carbons (Fsp3) is 0.208. The number of hydrogen-bond donors (Lipinski definition) is 2. The number of aromatic nitrogens is 1. The number of allylic oxidation sites excluding steroid dienone is 1. The van der Waals surface area contributed by atoms with Gasteiger partial charge in [0.1, 0.15) is 0 Å². The predicted molar refractivity (Wildman–Crippen MR) is 124 cm³/mol. The van der Waals surface area contributed by atoms with Crippen molar-refractivity contribution in [1.29, 1.82) is 0 Å².